The van der Waals surface area contributed by atoms with Crippen molar-refractivity contribution in [3.8, 4) is 11.4 Å². The minimum atomic E-state index is -1.82. The number of phenolic OH excluding ortho intramolecular Hbond substituents is 1. The molecule has 0 saturated heterocycles. The third-order valence-corrected chi connectivity index (χ3v) is 4.14. The van der Waals surface area contributed by atoms with Crippen molar-refractivity contribution in [2.75, 3.05) is 11.4 Å². The number of amides is 1. The van der Waals surface area contributed by atoms with E-state index in [1.54, 1.807) is 12.1 Å². The Morgan fingerprint density at radius 3 is 2.31 bits per heavy atom. The van der Waals surface area contributed by atoms with E-state index in [-0.39, 0.29) is 22.0 Å². The number of hydrogen-bond donors (Lipinski definition) is 2. The summed E-state index contributed by atoms with van der Waals surface area (Å²) in [5.74, 6) is 0.0899. The van der Waals surface area contributed by atoms with Gasteiger partial charge in [-0.15, -0.1) is 0 Å². The molecule has 0 bridgehead atoms. The number of carboxylic acid groups (broad SMARTS) is 1. The number of nitrogens with zero attached hydrogens (tertiary/aromatic N) is 3. The highest BCUT2D eigenvalue weighted by molar-refractivity contribution is 6.68. The number of alkyl halides is 3. The maximum Gasteiger partial charge on any atom is 0.413 e. The van der Waals surface area contributed by atoms with Crippen LogP contribution in [0.2, 0.25) is 5.02 Å². The lowest BCUT2D eigenvalue weighted by atomic mass is 9.92. The monoisotopic (exact) mass is 439 g/mol. The number of benzene rings is 1. The van der Waals surface area contributed by atoms with E-state index in [4.69, 9.17) is 46.4 Å². The molecule has 0 aliphatic rings. The number of halogens is 4. The molecule has 26 heavy (non-hydrogen) atoms. The van der Waals surface area contributed by atoms with Gasteiger partial charge in [-0.1, -0.05) is 67.2 Å². The van der Waals surface area contributed by atoms with Gasteiger partial charge in [0.05, 0.1) is 22.9 Å². The van der Waals surface area contributed by atoms with E-state index in [2.05, 4.69) is 5.10 Å². The first-order valence-electron chi connectivity index (χ1n) is 7.46. The molecule has 6 nitrogen and oxygen atoms in total. The molecule has 1 amide bonds. The van der Waals surface area contributed by atoms with Gasteiger partial charge in [0.2, 0.25) is 3.79 Å². The fourth-order valence-electron chi connectivity index (χ4n) is 2.17. The van der Waals surface area contributed by atoms with E-state index in [0.29, 0.717) is 11.4 Å². The lowest BCUT2D eigenvalue weighted by Crippen LogP contribution is -2.38. The molecule has 0 saturated carbocycles. The molecule has 10 heteroatoms. The topological polar surface area (TPSA) is 78.6 Å². The first-order chi connectivity index (χ1) is 11.8. The first-order valence-corrected chi connectivity index (χ1v) is 8.97. The summed E-state index contributed by atoms with van der Waals surface area (Å²) in [4.78, 5) is 12.7. The van der Waals surface area contributed by atoms with Crippen molar-refractivity contribution in [1.82, 2.24) is 9.78 Å². The van der Waals surface area contributed by atoms with E-state index in [9.17, 15) is 15.0 Å². The molecule has 0 aliphatic heterocycles. The molecule has 1 heterocycles. The Morgan fingerprint density at radius 2 is 1.85 bits per heavy atom. The Hall–Kier alpha value is -1.34. The summed E-state index contributed by atoms with van der Waals surface area (Å²) in [6.45, 7) is 5.42. The number of anilines is 1. The summed E-state index contributed by atoms with van der Waals surface area (Å²) in [6, 6.07) is 6.03. The Balaban J connectivity index is 2.67. The zero-order chi connectivity index (χ0) is 19.9. The lowest BCUT2D eigenvalue weighted by molar-refractivity contribution is 0.201. The van der Waals surface area contributed by atoms with Crippen LogP contribution in [-0.4, -0.2) is 36.4 Å². The zero-order valence-corrected chi connectivity index (χ0v) is 17.2. The van der Waals surface area contributed by atoms with Crippen LogP contribution >= 0.6 is 46.4 Å². The molecule has 0 unspecified atom stereocenters. The maximum atomic E-state index is 11.8. The van der Waals surface area contributed by atoms with Gasteiger partial charge in [-0.25, -0.2) is 9.48 Å². The SMILES string of the molecule is CC(C)(C)c1cc(N(CC(Cl)(Cl)Cl)C(=O)O)n(-c2ccc(O)c(Cl)c2)n1. The summed E-state index contributed by atoms with van der Waals surface area (Å²) < 4.78 is -0.432. The number of carbonyl (C=O) groups is 1. The average Bonchev–Trinajstić information content (AvgIpc) is 2.91. The fraction of sp³-hybridized carbons (Fsp3) is 0.375. The molecule has 142 valence electrons. The average molecular weight is 441 g/mol. The van der Waals surface area contributed by atoms with Crippen molar-refractivity contribution < 1.29 is 15.0 Å². The molecule has 0 fully saturated rings. The third kappa shape index (κ3) is 4.88. The minimum absolute atomic E-state index is 0.100. The number of aromatic hydroxyl groups is 1. The Bertz CT molecular complexity index is 825. The van der Waals surface area contributed by atoms with Crippen molar-refractivity contribution in [3.63, 3.8) is 0 Å². The minimum Gasteiger partial charge on any atom is -0.506 e. The molecule has 0 aliphatic carbocycles. The highest BCUT2D eigenvalue weighted by Crippen LogP contribution is 2.34. The number of aromatic nitrogens is 2. The summed E-state index contributed by atoms with van der Waals surface area (Å²) >= 11 is 23.4. The molecule has 0 radical (unpaired) electrons. The quantitative estimate of drug-likeness (QED) is 0.627. The van der Waals surface area contributed by atoms with Gasteiger partial charge in [0.1, 0.15) is 11.6 Å². The van der Waals surface area contributed by atoms with Crippen LogP contribution in [0, 0.1) is 0 Å². The summed E-state index contributed by atoms with van der Waals surface area (Å²) in [5, 5.41) is 23.8. The van der Waals surface area contributed by atoms with Gasteiger partial charge < -0.3 is 10.2 Å². The van der Waals surface area contributed by atoms with Crippen LogP contribution in [0.25, 0.3) is 5.69 Å². The van der Waals surface area contributed by atoms with Crippen LogP contribution in [0.4, 0.5) is 10.6 Å². The normalized spacial score (nSPS) is 12.3. The van der Waals surface area contributed by atoms with Gasteiger partial charge in [0, 0.05) is 11.5 Å². The molecule has 1 aromatic heterocycles. The summed E-state index contributed by atoms with van der Waals surface area (Å²) in [5.41, 5.74) is 0.728. The molecular formula is C16H17Cl4N3O3. The van der Waals surface area contributed by atoms with Crippen molar-refractivity contribution >= 4 is 58.3 Å². The predicted molar refractivity (Wildman–Crippen MR) is 105 cm³/mol. The largest absolute Gasteiger partial charge is 0.506 e. The van der Waals surface area contributed by atoms with Crippen molar-refractivity contribution in [2.24, 2.45) is 0 Å². The fourth-order valence-corrected chi connectivity index (χ4v) is 2.71. The maximum absolute atomic E-state index is 11.8. The second kappa shape index (κ2) is 7.35. The molecule has 2 aromatic rings. The van der Waals surface area contributed by atoms with Gasteiger partial charge in [0.15, 0.2) is 0 Å². The van der Waals surface area contributed by atoms with Crippen LogP contribution in [-0.2, 0) is 5.41 Å². The lowest BCUT2D eigenvalue weighted by Gasteiger charge is -2.23. The van der Waals surface area contributed by atoms with Gasteiger partial charge in [-0.05, 0) is 18.2 Å². The van der Waals surface area contributed by atoms with Crippen LogP contribution in [0.15, 0.2) is 24.3 Å². The predicted octanol–water partition coefficient (Wildman–Crippen LogP) is 5.38. The van der Waals surface area contributed by atoms with Crippen LogP contribution < -0.4 is 4.90 Å². The molecular weight excluding hydrogens is 424 g/mol. The summed E-state index contributed by atoms with van der Waals surface area (Å²) in [7, 11) is 0. The second-order valence-electron chi connectivity index (χ2n) is 6.67. The smallest absolute Gasteiger partial charge is 0.413 e. The molecule has 2 N–H and O–H groups in total. The molecule has 2 rings (SSSR count). The standard InChI is InChI=1S/C16H17Cl4N3O3/c1-15(2,3)12-7-13(22(14(25)26)8-16(18,19)20)23(21-12)9-4-5-11(24)10(17)6-9/h4-7,24H,8H2,1-3H3,(H,25,26). The summed E-state index contributed by atoms with van der Waals surface area (Å²) in [6.07, 6.45) is -1.30. The van der Waals surface area contributed by atoms with E-state index in [0.717, 1.165) is 4.90 Å². The van der Waals surface area contributed by atoms with Gasteiger partial charge in [0.25, 0.3) is 0 Å². The van der Waals surface area contributed by atoms with Crippen LogP contribution in [0.3, 0.4) is 0 Å². The number of hydrogen-bond acceptors (Lipinski definition) is 3. The molecule has 1 aromatic carbocycles. The first kappa shape index (κ1) is 21.0. The Morgan fingerprint density at radius 1 is 1.23 bits per heavy atom. The highest BCUT2D eigenvalue weighted by atomic mass is 35.6. The van der Waals surface area contributed by atoms with Crippen LogP contribution in [0.5, 0.6) is 5.75 Å². The highest BCUT2D eigenvalue weighted by Gasteiger charge is 2.32. The zero-order valence-electron chi connectivity index (χ0n) is 14.2. The van der Waals surface area contributed by atoms with E-state index >= 15 is 0 Å². The van der Waals surface area contributed by atoms with Crippen molar-refractivity contribution in [1.29, 1.82) is 0 Å². The molecule has 0 spiro atoms. The van der Waals surface area contributed by atoms with E-state index in [1.165, 1.54) is 16.8 Å². The van der Waals surface area contributed by atoms with Gasteiger partial charge >= 0.3 is 6.09 Å². The number of rotatable bonds is 3. The van der Waals surface area contributed by atoms with E-state index < -0.39 is 16.4 Å². The van der Waals surface area contributed by atoms with E-state index in [1.807, 2.05) is 20.8 Å². The van der Waals surface area contributed by atoms with Crippen molar-refractivity contribution in [3.05, 3.63) is 35.0 Å². The van der Waals surface area contributed by atoms with Gasteiger partial charge in [-0.3, -0.25) is 4.90 Å². The Kier molecular flexibility index (Phi) is 5.93. The second-order valence-corrected chi connectivity index (χ2v) is 9.59. The third-order valence-electron chi connectivity index (χ3n) is 3.48. The van der Waals surface area contributed by atoms with Crippen LogP contribution in [0.1, 0.15) is 26.5 Å². The van der Waals surface area contributed by atoms with Gasteiger partial charge in [-0.2, -0.15) is 5.10 Å². The van der Waals surface area contributed by atoms with Crippen molar-refractivity contribution in [2.45, 2.75) is 30.0 Å². The Labute approximate surface area is 170 Å². The number of phenols is 1. The molecule has 0 atom stereocenters.